The van der Waals surface area contributed by atoms with Gasteiger partial charge in [-0.25, -0.2) is 0 Å². The summed E-state index contributed by atoms with van der Waals surface area (Å²) in [5.41, 5.74) is 0.777. The summed E-state index contributed by atoms with van der Waals surface area (Å²) in [6.45, 7) is 1.67. The van der Waals surface area contributed by atoms with Crippen molar-refractivity contribution in [2.24, 2.45) is 0 Å². The first kappa shape index (κ1) is 16.7. The Balaban J connectivity index is 0.00000176. The fourth-order valence-electron chi connectivity index (χ4n) is 2.98. The molecule has 1 fully saturated rings. The molecule has 0 bridgehead atoms. The van der Waals surface area contributed by atoms with E-state index in [1.54, 1.807) is 0 Å². The number of nitrogens with one attached hydrogen (secondary N) is 3. The zero-order chi connectivity index (χ0) is 14.8. The van der Waals surface area contributed by atoms with Crippen molar-refractivity contribution >= 4 is 24.1 Å². The molecule has 22 heavy (non-hydrogen) atoms. The quantitative estimate of drug-likeness (QED) is 0.750. The Morgan fingerprint density at radius 1 is 1.23 bits per heavy atom. The third-order valence-corrected chi connectivity index (χ3v) is 4.13. The number of halogens is 1. The maximum Gasteiger partial charge on any atom is 0.261 e. The number of carbonyl (C=O) groups is 2. The van der Waals surface area contributed by atoms with Gasteiger partial charge in [-0.15, -0.1) is 12.4 Å². The van der Waals surface area contributed by atoms with Gasteiger partial charge >= 0.3 is 0 Å². The van der Waals surface area contributed by atoms with Gasteiger partial charge in [0.2, 0.25) is 0 Å². The van der Waals surface area contributed by atoms with E-state index in [0.29, 0.717) is 30.6 Å². The van der Waals surface area contributed by atoms with Crippen LogP contribution in [0.5, 0.6) is 0 Å². The van der Waals surface area contributed by atoms with E-state index in [2.05, 4.69) is 15.6 Å². The van der Waals surface area contributed by atoms with Crippen molar-refractivity contribution in [2.75, 3.05) is 13.1 Å². The van der Waals surface area contributed by atoms with Crippen LogP contribution >= 0.6 is 12.4 Å². The molecule has 1 aromatic heterocycles. The Morgan fingerprint density at radius 2 is 2.05 bits per heavy atom. The number of piperidine rings is 1. The molecule has 1 atom stereocenters. The molecule has 6 nitrogen and oxygen atoms in total. The Labute approximate surface area is 134 Å². The summed E-state index contributed by atoms with van der Waals surface area (Å²) in [5, 5.41) is 6.07. The summed E-state index contributed by atoms with van der Waals surface area (Å²) < 4.78 is 0. The van der Waals surface area contributed by atoms with Crippen LogP contribution in [0.4, 0.5) is 0 Å². The van der Waals surface area contributed by atoms with Crippen molar-refractivity contribution in [2.45, 2.75) is 38.1 Å². The molecule has 2 heterocycles. The molecule has 1 aromatic rings. The minimum Gasteiger partial charge on any atom is -0.348 e. The van der Waals surface area contributed by atoms with Gasteiger partial charge in [0, 0.05) is 30.3 Å². The third-order valence-electron chi connectivity index (χ3n) is 4.13. The average Bonchev–Trinajstić information content (AvgIpc) is 2.48. The largest absolute Gasteiger partial charge is 0.348 e. The van der Waals surface area contributed by atoms with E-state index in [0.717, 1.165) is 25.8 Å². The number of pyridine rings is 1. The van der Waals surface area contributed by atoms with Crippen molar-refractivity contribution in [3.63, 3.8) is 0 Å². The summed E-state index contributed by atoms with van der Waals surface area (Å²) in [6.07, 6.45) is 3.82. The maximum absolute atomic E-state index is 12.3. The van der Waals surface area contributed by atoms with Gasteiger partial charge in [0.15, 0.2) is 5.78 Å². The first-order chi connectivity index (χ1) is 10.1. The summed E-state index contributed by atoms with van der Waals surface area (Å²) in [7, 11) is 0. The molecule has 0 unspecified atom stereocenters. The van der Waals surface area contributed by atoms with E-state index in [1.165, 1.54) is 6.07 Å². The highest BCUT2D eigenvalue weighted by molar-refractivity contribution is 6.01. The lowest BCUT2D eigenvalue weighted by Crippen LogP contribution is -2.46. The van der Waals surface area contributed by atoms with Gasteiger partial charge < -0.3 is 15.6 Å². The number of Topliss-reactive ketones (excluding diaryl/α,β-unsaturated/α-hetero) is 1. The zero-order valence-electron chi connectivity index (χ0n) is 12.2. The van der Waals surface area contributed by atoms with Gasteiger partial charge in [-0.3, -0.25) is 14.4 Å². The van der Waals surface area contributed by atoms with Crippen molar-refractivity contribution in [3.05, 3.63) is 33.2 Å². The fraction of sp³-hybridized carbons (Fsp3) is 0.533. The summed E-state index contributed by atoms with van der Waals surface area (Å²) in [6, 6.07) is 1.50. The molecule has 1 aliphatic carbocycles. The van der Waals surface area contributed by atoms with Crippen LogP contribution in [0.15, 0.2) is 10.9 Å². The molecule has 2 aliphatic rings. The maximum atomic E-state index is 12.3. The Morgan fingerprint density at radius 3 is 2.77 bits per heavy atom. The minimum absolute atomic E-state index is 0. The van der Waals surface area contributed by atoms with E-state index < -0.39 is 11.5 Å². The number of aromatic nitrogens is 1. The fourth-order valence-corrected chi connectivity index (χ4v) is 2.98. The Kier molecular flexibility index (Phi) is 5.37. The second kappa shape index (κ2) is 7.07. The van der Waals surface area contributed by atoms with E-state index in [9.17, 15) is 14.4 Å². The number of ketones is 1. The van der Waals surface area contributed by atoms with Crippen LogP contribution in [0.25, 0.3) is 0 Å². The SMILES string of the molecule is Cl.O=C1CCCc2[nH]c(=O)c(C(=O)N[C@H]3CCCNC3)cc21. The monoisotopic (exact) mass is 325 g/mol. The highest BCUT2D eigenvalue weighted by atomic mass is 35.5. The molecule has 3 rings (SSSR count). The number of rotatable bonds is 2. The molecule has 3 N–H and O–H groups in total. The molecule has 1 aliphatic heterocycles. The second-order valence-corrected chi connectivity index (χ2v) is 5.70. The van der Waals surface area contributed by atoms with Crippen LogP contribution in [-0.2, 0) is 6.42 Å². The normalized spacial score (nSPS) is 20.7. The van der Waals surface area contributed by atoms with Crippen LogP contribution in [-0.4, -0.2) is 35.8 Å². The average molecular weight is 326 g/mol. The summed E-state index contributed by atoms with van der Waals surface area (Å²) >= 11 is 0. The van der Waals surface area contributed by atoms with Crippen molar-refractivity contribution in [3.8, 4) is 0 Å². The van der Waals surface area contributed by atoms with Crippen LogP contribution in [0, 0.1) is 0 Å². The van der Waals surface area contributed by atoms with Gasteiger partial charge in [0.1, 0.15) is 5.56 Å². The van der Waals surface area contributed by atoms with E-state index in [4.69, 9.17) is 0 Å². The van der Waals surface area contributed by atoms with Crippen LogP contribution < -0.4 is 16.2 Å². The first-order valence-electron chi connectivity index (χ1n) is 7.46. The van der Waals surface area contributed by atoms with Crippen molar-refractivity contribution in [1.82, 2.24) is 15.6 Å². The van der Waals surface area contributed by atoms with Crippen molar-refractivity contribution < 1.29 is 9.59 Å². The van der Waals surface area contributed by atoms with Gasteiger partial charge in [0.25, 0.3) is 11.5 Å². The second-order valence-electron chi connectivity index (χ2n) is 5.70. The summed E-state index contributed by atoms with van der Waals surface area (Å²) in [5.74, 6) is -0.396. The zero-order valence-corrected chi connectivity index (χ0v) is 13.1. The molecule has 1 saturated heterocycles. The molecule has 120 valence electrons. The molecule has 0 saturated carbocycles. The topological polar surface area (TPSA) is 91.1 Å². The lowest BCUT2D eigenvalue weighted by atomic mass is 9.93. The van der Waals surface area contributed by atoms with Gasteiger partial charge in [-0.05, 0) is 38.3 Å². The molecule has 1 amide bonds. The minimum atomic E-state index is -0.412. The number of H-pyrrole nitrogens is 1. The highest BCUT2D eigenvalue weighted by Gasteiger charge is 2.23. The first-order valence-corrected chi connectivity index (χ1v) is 7.46. The number of hydrogen-bond donors (Lipinski definition) is 3. The number of aromatic amines is 1. The van der Waals surface area contributed by atoms with Crippen LogP contribution in [0.1, 0.15) is 52.1 Å². The van der Waals surface area contributed by atoms with Gasteiger partial charge in [-0.1, -0.05) is 0 Å². The lowest BCUT2D eigenvalue weighted by molar-refractivity contribution is 0.0929. The molecule has 0 radical (unpaired) electrons. The molecular weight excluding hydrogens is 306 g/mol. The van der Waals surface area contributed by atoms with Crippen LogP contribution in [0.2, 0.25) is 0 Å². The third kappa shape index (κ3) is 3.39. The van der Waals surface area contributed by atoms with Crippen LogP contribution in [0.3, 0.4) is 0 Å². The predicted octanol–water partition coefficient (Wildman–Crippen LogP) is 0.797. The molecule has 7 heteroatoms. The smallest absolute Gasteiger partial charge is 0.261 e. The van der Waals surface area contributed by atoms with E-state index in [1.807, 2.05) is 0 Å². The number of aryl methyl sites for hydroxylation is 1. The van der Waals surface area contributed by atoms with Gasteiger partial charge in [-0.2, -0.15) is 0 Å². The molecular formula is C15H20ClN3O3. The number of amides is 1. The summed E-state index contributed by atoms with van der Waals surface area (Å²) in [4.78, 5) is 38.9. The highest BCUT2D eigenvalue weighted by Crippen LogP contribution is 2.18. The molecule has 0 aromatic carbocycles. The Hall–Kier alpha value is -1.66. The number of hydrogen-bond acceptors (Lipinski definition) is 4. The number of fused-ring (bicyclic) bond motifs is 1. The molecule has 0 spiro atoms. The predicted molar refractivity (Wildman–Crippen MR) is 84.9 cm³/mol. The standard InChI is InChI=1S/C15H19N3O3.ClH/c19-13-5-1-4-12-10(13)7-11(15(21)18-12)14(20)17-9-3-2-6-16-8-9;/h7,9,16H,1-6,8H2,(H,17,20)(H,18,21);1H/t9-;/m0./s1. The number of carbonyl (C=O) groups excluding carboxylic acids is 2. The van der Waals surface area contributed by atoms with Gasteiger partial charge in [0.05, 0.1) is 0 Å². The van der Waals surface area contributed by atoms with E-state index >= 15 is 0 Å². The Bertz CT molecular complexity index is 635. The lowest BCUT2D eigenvalue weighted by Gasteiger charge is -2.24. The van der Waals surface area contributed by atoms with E-state index in [-0.39, 0.29) is 29.8 Å². The van der Waals surface area contributed by atoms with Crippen molar-refractivity contribution in [1.29, 1.82) is 0 Å².